The molecule has 0 spiro atoms. The van der Waals surface area contributed by atoms with Gasteiger partial charge >= 0.3 is 0 Å². The predicted molar refractivity (Wildman–Crippen MR) is 142 cm³/mol. The molecule has 230 valence electrons. The summed E-state index contributed by atoms with van der Waals surface area (Å²) in [5.74, 6) is -5.23. The summed E-state index contributed by atoms with van der Waals surface area (Å²) in [5, 5.41) is 44.0. The second-order valence-corrected chi connectivity index (χ2v) is 11.7. The van der Waals surface area contributed by atoms with Gasteiger partial charge in [0.25, 0.3) is 0 Å². The average molecular weight is 606 g/mol. The van der Waals surface area contributed by atoms with Crippen LogP contribution in [0.4, 0.5) is 4.39 Å². The fourth-order valence-electron chi connectivity index (χ4n) is 6.61. The molecule has 2 aliphatic heterocycles. The number of fused-ring (bicyclic) bond motifs is 4. The summed E-state index contributed by atoms with van der Waals surface area (Å²) in [5.41, 5.74) is -4.14. The summed E-state index contributed by atoms with van der Waals surface area (Å²) >= 11 is 0. The number of carbonyl (C=O) groups is 3. The third-order valence-electron chi connectivity index (χ3n) is 8.59. The average Bonchev–Trinajstić information content (AvgIpc) is 3.31. The Hall–Kier alpha value is -3.46. The van der Waals surface area contributed by atoms with E-state index < -0.39 is 108 Å². The lowest BCUT2D eigenvalue weighted by Crippen LogP contribution is -2.55. The maximum atomic E-state index is 15.8. The number of hydrogen-bond donors (Lipinski definition) is 4. The van der Waals surface area contributed by atoms with E-state index in [0.717, 1.165) is 0 Å². The van der Waals surface area contributed by atoms with E-state index >= 15 is 4.39 Å². The van der Waals surface area contributed by atoms with E-state index in [0.29, 0.717) is 0 Å². The van der Waals surface area contributed by atoms with Gasteiger partial charge in [-0.15, -0.1) is 0 Å². The second-order valence-electron chi connectivity index (χ2n) is 11.7. The molecule has 2 aliphatic carbocycles. The normalized spacial score (nSPS) is 32.4. The van der Waals surface area contributed by atoms with Crippen LogP contribution in [-0.2, 0) is 30.2 Å². The molecular formula is C30H31FO12. The molecule has 0 amide bonds. The number of halogens is 1. The molecule has 0 saturated carbocycles. The van der Waals surface area contributed by atoms with Crippen molar-refractivity contribution in [2.24, 2.45) is 0 Å². The van der Waals surface area contributed by atoms with Crippen LogP contribution in [0.3, 0.4) is 0 Å². The Labute approximate surface area is 244 Å². The first-order valence-corrected chi connectivity index (χ1v) is 13.8. The first-order valence-electron chi connectivity index (χ1n) is 13.8. The van der Waals surface area contributed by atoms with Gasteiger partial charge in [0.1, 0.15) is 41.7 Å². The molecule has 13 heteroatoms. The smallest absolute Gasteiger partial charge is 0.202 e. The number of alkyl halides is 1. The highest BCUT2D eigenvalue weighted by Crippen LogP contribution is 2.53. The molecule has 2 saturated heterocycles. The van der Waals surface area contributed by atoms with Crippen molar-refractivity contribution < 1.29 is 62.9 Å². The minimum Gasteiger partial charge on any atom is -0.507 e. The van der Waals surface area contributed by atoms with Gasteiger partial charge in [0.15, 0.2) is 29.8 Å². The van der Waals surface area contributed by atoms with Crippen molar-refractivity contribution in [1.29, 1.82) is 0 Å². The number of methoxy groups -OCH3 is 1. The fraction of sp³-hybridized carbons (Fsp3) is 0.500. The van der Waals surface area contributed by atoms with E-state index in [9.17, 15) is 34.8 Å². The Morgan fingerprint density at radius 3 is 2.42 bits per heavy atom. The number of aliphatic hydroxyl groups excluding tert-OH is 1. The van der Waals surface area contributed by atoms with Crippen LogP contribution in [0.25, 0.3) is 0 Å². The summed E-state index contributed by atoms with van der Waals surface area (Å²) < 4.78 is 44.4. The summed E-state index contributed by atoms with van der Waals surface area (Å²) in [6.07, 6.45) is -8.97. The molecule has 2 fully saturated rings. The molecule has 0 bridgehead atoms. The zero-order chi connectivity index (χ0) is 31.2. The van der Waals surface area contributed by atoms with Gasteiger partial charge in [-0.2, -0.15) is 0 Å². The number of benzene rings is 2. The Kier molecular flexibility index (Phi) is 6.91. The first kappa shape index (κ1) is 29.6. The van der Waals surface area contributed by atoms with Crippen LogP contribution in [0.5, 0.6) is 17.2 Å². The first-order chi connectivity index (χ1) is 20.2. The van der Waals surface area contributed by atoms with E-state index in [1.165, 1.54) is 25.3 Å². The van der Waals surface area contributed by atoms with Gasteiger partial charge in [0, 0.05) is 29.5 Å². The van der Waals surface area contributed by atoms with Crippen LogP contribution in [0.2, 0.25) is 0 Å². The minimum atomic E-state index is -2.35. The fourth-order valence-corrected chi connectivity index (χ4v) is 6.61. The van der Waals surface area contributed by atoms with E-state index in [-0.39, 0.29) is 28.0 Å². The Morgan fingerprint density at radius 1 is 1.07 bits per heavy atom. The lowest BCUT2D eigenvalue weighted by atomic mass is 9.74. The topological polar surface area (TPSA) is 178 Å². The number of aromatic hydroxyl groups is 2. The van der Waals surface area contributed by atoms with Crippen molar-refractivity contribution in [2.75, 3.05) is 13.7 Å². The van der Waals surface area contributed by atoms with Crippen molar-refractivity contribution in [2.45, 2.75) is 81.9 Å². The monoisotopic (exact) mass is 605 g/mol. The number of phenols is 2. The molecule has 0 radical (unpaired) electrons. The van der Waals surface area contributed by atoms with E-state index in [1.807, 2.05) is 0 Å². The van der Waals surface area contributed by atoms with Gasteiger partial charge in [-0.3, -0.25) is 14.4 Å². The molecule has 4 aliphatic rings. The van der Waals surface area contributed by atoms with Crippen LogP contribution in [0.15, 0.2) is 18.2 Å². The third kappa shape index (κ3) is 4.37. The van der Waals surface area contributed by atoms with Crippen molar-refractivity contribution in [3.8, 4) is 17.2 Å². The maximum absolute atomic E-state index is 15.8. The van der Waals surface area contributed by atoms with Gasteiger partial charge in [0.2, 0.25) is 5.78 Å². The van der Waals surface area contributed by atoms with Gasteiger partial charge < -0.3 is 44.1 Å². The number of ether oxygens (including phenoxy) is 5. The largest absolute Gasteiger partial charge is 0.507 e. The van der Waals surface area contributed by atoms with Crippen molar-refractivity contribution in [3.05, 3.63) is 51.6 Å². The molecule has 12 nitrogen and oxygen atoms in total. The standard InChI is InChI=1S/C30H31FO12/c1-11-26-27(43-29(2,3)42-26)21(31)28(40-11)41-15-9-30(38,16(33)10-32)8-13-18(15)25(37)20-19(23(13)35)22(34)12-6-5-7-14(39-4)17(12)24(20)36/h5-7,11,15,21,26-28,32,35,37-38H,8-10H2,1-4H3/t11-,15-,21+,26+,27-,28-,30-/m0/s1/i10+2,16+1. The van der Waals surface area contributed by atoms with Crippen LogP contribution in [0.1, 0.15) is 76.3 Å². The summed E-state index contributed by atoms with van der Waals surface area (Å²) in [6.45, 7) is 3.79. The molecule has 2 heterocycles. The lowest BCUT2D eigenvalue weighted by molar-refractivity contribution is -0.278. The molecular weight excluding hydrogens is 574 g/mol. The number of Topliss-reactive ketones (excluding diaryl/α,β-unsaturated/α-hetero) is 1. The van der Waals surface area contributed by atoms with Gasteiger partial charge in [0.05, 0.1) is 36.0 Å². The number of carbonyl (C=O) groups excluding carboxylic acids is 3. The highest BCUT2D eigenvalue weighted by atomic mass is 19.1. The molecule has 0 unspecified atom stereocenters. The second kappa shape index (κ2) is 10.0. The Morgan fingerprint density at radius 2 is 1.74 bits per heavy atom. The molecule has 43 heavy (non-hydrogen) atoms. The van der Waals surface area contributed by atoms with Crippen LogP contribution < -0.4 is 4.74 Å². The van der Waals surface area contributed by atoms with Crippen LogP contribution in [0, 0.1) is 0 Å². The number of aliphatic hydroxyl groups is 2. The molecule has 6 rings (SSSR count). The Balaban J connectivity index is 1.48. The summed E-state index contributed by atoms with van der Waals surface area (Å²) in [4.78, 5) is 40.1. The molecule has 7 atom stereocenters. The molecule has 4 N–H and O–H groups in total. The quantitative estimate of drug-likeness (QED) is 0.245. The summed E-state index contributed by atoms with van der Waals surface area (Å²) in [7, 11) is 1.30. The lowest BCUT2D eigenvalue weighted by Gasteiger charge is -2.42. The van der Waals surface area contributed by atoms with Gasteiger partial charge in [-0.05, 0) is 26.8 Å². The van der Waals surface area contributed by atoms with Gasteiger partial charge in [-0.1, -0.05) is 12.1 Å². The zero-order valence-electron chi connectivity index (χ0n) is 23.8. The summed E-state index contributed by atoms with van der Waals surface area (Å²) in [6, 6.07) is 4.30. The number of ketones is 3. The highest BCUT2D eigenvalue weighted by Gasteiger charge is 2.57. The van der Waals surface area contributed by atoms with E-state index in [1.54, 1.807) is 20.8 Å². The van der Waals surface area contributed by atoms with Crippen molar-refractivity contribution in [1.82, 2.24) is 0 Å². The van der Waals surface area contributed by atoms with Gasteiger partial charge in [-0.25, -0.2) is 4.39 Å². The van der Waals surface area contributed by atoms with Crippen molar-refractivity contribution in [3.63, 3.8) is 0 Å². The molecule has 2 aromatic rings. The Bertz CT molecular complexity index is 1550. The minimum absolute atomic E-state index is 0.0648. The van der Waals surface area contributed by atoms with Crippen molar-refractivity contribution >= 4 is 17.3 Å². The SMILES string of the molecule is COc1cccc2c1C(=O)c1c(O)c3c(c(O)c1C2=O)C[C@@](O)([13C](=O)[14CH2]O)C[C@@H]3O[C@@H]1O[C@@H](C)[C@H]2OC(C)(C)O[C@H]2[C@H]1F. The third-order valence-corrected chi connectivity index (χ3v) is 8.59. The van der Waals surface area contributed by atoms with Crippen LogP contribution in [-0.4, -0.2) is 93.7 Å². The number of rotatable bonds is 5. The van der Waals surface area contributed by atoms with E-state index in [2.05, 4.69) is 0 Å². The maximum Gasteiger partial charge on any atom is 0.202 e. The molecule has 0 aromatic heterocycles. The zero-order valence-corrected chi connectivity index (χ0v) is 23.8. The number of hydrogen-bond acceptors (Lipinski definition) is 12. The highest BCUT2D eigenvalue weighted by molar-refractivity contribution is 6.31. The number of phenolic OH excluding ortho intramolecular Hbond substituents is 2. The predicted octanol–water partition coefficient (Wildman–Crippen LogP) is 1.78. The van der Waals surface area contributed by atoms with Crippen LogP contribution >= 0.6 is 0 Å². The molecule has 2 aromatic carbocycles. The van der Waals surface area contributed by atoms with E-state index in [4.69, 9.17) is 23.7 Å².